The maximum atomic E-state index is 13.4. The zero-order valence-electron chi connectivity index (χ0n) is 18.7. The van der Waals surface area contributed by atoms with Crippen molar-refractivity contribution in [2.45, 2.75) is 30.9 Å². The quantitative estimate of drug-likeness (QED) is 0.628. The summed E-state index contributed by atoms with van der Waals surface area (Å²) in [7, 11) is 1.64. The van der Waals surface area contributed by atoms with Crippen LogP contribution in [0.2, 0.25) is 0 Å². The molecule has 3 aromatic rings. The summed E-state index contributed by atoms with van der Waals surface area (Å²) in [5.74, 6) is 2.38. The van der Waals surface area contributed by atoms with Crippen LogP contribution in [0.3, 0.4) is 0 Å². The molecule has 170 valence electrons. The number of anilines is 2. The number of hydrogen-bond donors (Lipinski definition) is 2. The third kappa shape index (κ3) is 3.95. The van der Waals surface area contributed by atoms with E-state index in [1.807, 2.05) is 48.5 Å². The third-order valence-corrected chi connectivity index (χ3v) is 6.78. The van der Waals surface area contributed by atoms with Crippen LogP contribution in [0.1, 0.15) is 24.0 Å². The Kier molecular flexibility index (Phi) is 5.54. The molecule has 3 heterocycles. The van der Waals surface area contributed by atoms with Crippen LogP contribution >= 0.6 is 0 Å². The van der Waals surface area contributed by atoms with E-state index in [4.69, 9.17) is 15.2 Å². The molecule has 33 heavy (non-hydrogen) atoms. The van der Waals surface area contributed by atoms with Crippen molar-refractivity contribution >= 4 is 17.4 Å². The lowest BCUT2D eigenvalue weighted by atomic mass is 9.69. The van der Waals surface area contributed by atoms with Gasteiger partial charge in [-0.05, 0) is 42.7 Å². The maximum absolute atomic E-state index is 13.4. The third-order valence-electron chi connectivity index (χ3n) is 6.78. The molecule has 1 atom stereocenters. The van der Waals surface area contributed by atoms with Crippen molar-refractivity contribution in [3.63, 3.8) is 0 Å². The van der Waals surface area contributed by atoms with Crippen LogP contribution in [-0.2, 0) is 16.8 Å². The van der Waals surface area contributed by atoms with E-state index in [1.165, 1.54) is 0 Å². The summed E-state index contributed by atoms with van der Waals surface area (Å²) in [6, 6.07) is 19.4. The van der Waals surface area contributed by atoms with E-state index in [9.17, 15) is 4.79 Å². The first-order valence-electron chi connectivity index (χ1n) is 11.2. The maximum Gasteiger partial charge on any atom is 0.262 e. The average Bonchev–Trinajstić information content (AvgIpc) is 3.17. The molecule has 1 unspecified atom stereocenters. The van der Waals surface area contributed by atoms with Gasteiger partial charge >= 0.3 is 0 Å². The summed E-state index contributed by atoms with van der Waals surface area (Å²) >= 11 is 0. The minimum Gasteiger partial charge on any atom is -0.497 e. The molecular weight excluding hydrogens is 416 g/mol. The molecule has 7 nitrogen and oxygen atoms in total. The topological polar surface area (TPSA) is 89.7 Å². The fraction of sp³-hybridized carbons (Fsp3) is 0.308. The molecule has 0 radical (unpaired) electrons. The van der Waals surface area contributed by atoms with E-state index >= 15 is 0 Å². The number of piperidine rings is 1. The number of benzene rings is 2. The number of para-hydroxylation sites is 1. The fourth-order valence-electron chi connectivity index (χ4n) is 4.96. The Morgan fingerprint density at radius 3 is 2.67 bits per heavy atom. The summed E-state index contributed by atoms with van der Waals surface area (Å²) in [5, 5.41) is 3.09. The van der Waals surface area contributed by atoms with Gasteiger partial charge in [-0.15, -0.1) is 0 Å². The predicted molar refractivity (Wildman–Crippen MR) is 127 cm³/mol. The molecule has 1 amide bonds. The van der Waals surface area contributed by atoms with Crippen molar-refractivity contribution in [1.82, 2.24) is 10.3 Å². The monoisotopic (exact) mass is 444 g/mol. The Balaban J connectivity index is 1.34. The molecule has 5 rings (SSSR count). The van der Waals surface area contributed by atoms with Crippen LogP contribution in [0.5, 0.6) is 11.5 Å². The number of nitrogens with one attached hydrogen (secondary N) is 1. The van der Waals surface area contributed by atoms with Crippen LogP contribution in [0, 0.1) is 0 Å². The Morgan fingerprint density at radius 2 is 1.94 bits per heavy atom. The number of ether oxygens (including phenoxy) is 2. The Labute approximate surface area is 193 Å². The minimum absolute atomic E-state index is 0.0856. The van der Waals surface area contributed by atoms with Crippen molar-refractivity contribution < 1.29 is 14.3 Å². The molecule has 2 aromatic carbocycles. The van der Waals surface area contributed by atoms with Crippen molar-refractivity contribution in [2.24, 2.45) is 0 Å². The van der Waals surface area contributed by atoms with Gasteiger partial charge in [0, 0.05) is 48.6 Å². The largest absolute Gasteiger partial charge is 0.497 e. The van der Waals surface area contributed by atoms with Crippen LogP contribution in [-0.4, -0.2) is 37.2 Å². The summed E-state index contributed by atoms with van der Waals surface area (Å²) in [6.45, 7) is 1.99. The van der Waals surface area contributed by atoms with Crippen LogP contribution in [0.15, 0.2) is 66.9 Å². The number of rotatable bonds is 5. The fourth-order valence-corrected chi connectivity index (χ4v) is 4.96. The molecule has 1 aromatic heterocycles. The number of nitrogen functional groups attached to an aromatic ring is 1. The van der Waals surface area contributed by atoms with Gasteiger partial charge < -0.3 is 25.4 Å². The highest BCUT2D eigenvalue weighted by atomic mass is 16.5. The molecule has 7 heteroatoms. The summed E-state index contributed by atoms with van der Waals surface area (Å²) in [4.78, 5) is 20.1. The number of amides is 1. The average molecular weight is 445 g/mol. The zero-order valence-corrected chi connectivity index (χ0v) is 18.7. The molecule has 0 bridgehead atoms. The van der Waals surface area contributed by atoms with Gasteiger partial charge in [-0.3, -0.25) is 4.79 Å². The highest BCUT2D eigenvalue weighted by molar-refractivity contribution is 5.85. The number of carbonyl (C=O) groups is 1. The Bertz CT molecular complexity index is 1140. The van der Waals surface area contributed by atoms with E-state index < -0.39 is 6.10 Å². The first-order valence-corrected chi connectivity index (χ1v) is 11.2. The van der Waals surface area contributed by atoms with Crippen molar-refractivity contribution in [1.29, 1.82) is 0 Å². The van der Waals surface area contributed by atoms with Gasteiger partial charge in [-0.25, -0.2) is 4.98 Å². The SMILES string of the molecule is COc1ccc(CNC(=O)C2Oc3ccccc3C23CCN(c2cc(N)ccn2)CC3)cc1. The number of methoxy groups -OCH3 is 1. The molecule has 2 aliphatic heterocycles. The van der Waals surface area contributed by atoms with Gasteiger partial charge in [0.15, 0.2) is 6.10 Å². The van der Waals surface area contributed by atoms with Crippen molar-refractivity contribution in [2.75, 3.05) is 30.8 Å². The highest BCUT2D eigenvalue weighted by Crippen LogP contribution is 2.49. The lowest BCUT2D eigenvalue weighted by Crippen LogP contribution is -2.54. The van der Waals surface area contributed by atoms with E-state index in [2.05, 4.69) is 21.3 Å². The molecular formula is C26H28N4O3. The number of nitrogens with zero attached hydrogens (tertiary/aromatic N) is 2. The van der Waals surface area contributed by atoms with Gasteiger partial charge in [-0.1, -0.05) is 30.3 Å². The second kappa shape index (κ2) is 8.65. The van der Waals surface area contributed by atoms with Gasteiger partial charge in [0.1, 0.15) is 17.3 Å². The zero-order chi connectivity index (χ0) is 22.8. The molecule has 1 fully saturated rings. The Hall–Kier alpha value is -3.74. The number of fused-ring (bicyclic) bond motifs is 2. The summed E-state index contributed by atoms with van der Waals surface area (Å²) < 4.78 is 11.5. The molecule has 2 aliphatic rings. The first kappa shape index (κ1) is 21.1. The molecule has 3 N–H and O–H groups in total. The van der Waals surface area contributed by atoms with Crippen LogP contribution in [0.25, 0.3) is 0 Å². The van der Waals surface area contributed by atoms with E-state index in [1.54, 1.807) is 19.4 Å². The normalized spacial score (nSPS) is 18.5. The van der Waals surface area contributed by atoms with Crippen molar-refractivity contribution in [3.8, 4) is 11.5 Å². The molecule has 1 spiro atoms. The van der Waals surface area contributed by atoms with E-state index in [-0.39, 0.29) is 11.3 Å². The number of pyridine rings is 1. The molecule has 0 aliphatic carbocycles. The summed E-state index contributed by atoms with van der Waals surface area (Å²) in [6.07, 6.45) is 2.75. The number of aromatic nitrogens is 1. The van der Waals surface area contributed by atoms with Gasteiger partial charge in [-0.2, -0.15) is 0 Å². The number of nitrogens with two attached hydrogens (primary N) is 1. The minimum atomic E-state index is -0.566. The number of carbonyl (C=O) groups excluding carboxylic acids is 1. The highest BCUT2D eigenvalue weighted by Gasteiger charge is 2.53. The van der Waals surface area contributed by atoms with Crippen LogP contribution < -0.4 is 25.4 Å². The second-order valence-corrected chi connectivity index (χ2v) is 8.65. The number of hydrogen-bond acceptors (Lipinski definition) is 6. The molecule has 0 saturated carbocycles. The second-order valence-electron chi connectivity index (χ2n) is 8.65. The summed E-state index contributed by atoms with van der Waals surface area (Å²) in [5.41, 5.74) is 8.42. The van der Waals surface area contributed by atoms with Gasteiger partial charge in [0.25, 0.3) is 5.91 Å². The van der Waals surface area contributed by atoms with Crippen molar-refractivity contribution in [3.05, 3.63) is 78.0 Å². The van der Waals surface area contributed by atoms with Gasteiger partial charge in [0.05, 0.1) is 7.11 Å². The van der Waals surface area contributed by atoms with Crippen LogP contribution in [0.4, 0.5) is 11.5 Å². The smallest absolute Gasteiger partial charge is 0.262 e. The first-order chi connectivity index (χ1) is 16.1. The lowest BCUT2D eigenvalue weighted by Gasteiger charge is -2.42. The Morgan fingerprint density at radius 1 is 1.18 bits per heavy atom. The lowest BCUT2D eigenvalue weighted by molar-refractivity contribution is -0.130. The van der Waals surface area contributed by atoms with E-state index in [0.717, 1.165) is 54.4 Å². The van der Waals surface area contributed by atoms with Gasteiger partial charge in [0.2, 0.25) is 0 Å². The standard InChI is InChI=1S/C26H28N4O3/c1-32-20-8-6-18(7-9-20)17-29-25(31)24-26(21-4-2-3-5-22(21)33-24)11-14-30(15-12-26)23-16-19(27)10-13-28-23/h2-10,13,16,24H,11-12,14-15,17H2,1H3,(H2,27,28)(H,29,31). The van der Waals surface area contributed by atoms with E-state index in [0.29, 0.717) is 12.2 Å². The predicted octanol–water partition coefficient (Wildman–Crippen LogP) is 3.29. The molecule has 1 saturated heterocycles.